The highest BCUT2D eigenvalue weighted by Crippen LogP contribution is 2.32. The quantitative estimate of drug-likeness (QED) is 0.355. The zero-order valence-electron chi connectivity index (χ0n) is 20.6. The monoisotopic (exact) mass is 499 g/mol. The molecule has 0 bridgehead atoms. The van der Waals surface area contributed by atoms with Crippen LogP contribution in [0.5, 0.6) is 0 Å². The molecule has 2 fully saturated rings. The number of ether oxygens (including phenoxy) is 1. The van der Waals surface area contributed by atoms with Crippen molar-refractivity contribution in [3.63, 3.8) is 0 Å². The molecule has 190 valence electrons. The van der Waals surface area contributed by atoms with Gasteiger partial charge in [-0.05, 0) is 68.2 Å². The van der Waals surface area contributed by atoms with E-state index in [-0.39, 0.29) is 5.91 Å². The van der Waals surface area contributed by atoms with Crippen molar-refractivity contribution in [2.45, 2.75) is 57.5 Å². The van der Waals surface area contributed by atoms with Crippen LogP contribution in [0, 0.1) is 5.92 Å². The first kappa shape index (κ1) is 25.7. The molecule has 1 amide bonds. The summed E-state index contributed by atoms with van der Waals surface area (Å²) >= 11 is 6.56. The van der Waals surface area contributed by atoms with Crippen molar-refractivity contribution in [2.75, 3.05) is 43.5 Å². The number of nitrogens with one attached hydrogen (secondary N) is 4. The Bertz CT molecular complexity index is 958. The molecule has 2 heterocycles. The minimum absolute atomic E-state index is 0.0208. The fourth-order valence-electron chi connectivity index (χ4n) is 4.91. The molecule has 2 aromatic rings. The van der Waals surface area contributed by atoms with E-state index in [9.17, 15) is 4.79 Å². The van der Waals surface area contributed by atoms with E-state index in [1.165, 1.54) is 0 Å². The molecule has 2 aliphatic rings. The highest BCUT2D eigenvalue weighted by Gasteiger charge is 2.21. The van der Waals surface area contributed by atoms with Crippen LogP contribution in [0.15, 0.2) is 36.5 Å². The molecule has 1 aromatic heterocycles. The standard InChI is InChI=1S/C27H38ClN5O2/c1-19(34)29-11-12-30-22-5-7-23(8-6-22)33-27-16-25(26(28)18-32-27)21-3-2-4-24(15-21)31-17-20-9-13-35-14-10-20/h2-4,15-16,18,20,22-23,30-31H,5-14,17H2,1H3,(H,29,34)(H,32,33)/t22-,23-. The Morgan fingerprint density at radius 3 is 2.60 bits per heavy atom. The first-order valence-corrected chi connectivity index (χ1v) is 13.3. The number of halogens is 1. The lowest BCUT2D eigenvalue weighted by molar-refractivity contribution is -0.118. The molecule has 1 saturated heterocycles. The van der Waals surface area contributed by atoms with Gasteiger partial charge in [0.2, 0.25) is 5.91 Å². The average Bonchev–Trinajstić information content (AvgIpc) is 2.88. The van der Waals surface area contributed by atoms with Crippen molar-refractivity contribution in [1.29, 1.82) is 0 Å². The maximum atomic E-state index is 11.0. The summed E-state index contributed by atoms with van der Waals surface area (Å²) in [6, 6.07) is 11.4. The average molecular weight is 500 g/mol. The fraction of sp³-hybridized carbons (Fsp3) is 0.556. The molecule has 1 aliphatic carbocycles. The van der Waals surface area contributed by atoms with Crippen molar-refractivity contribution < 1.29 is 9.53 Å². The van der Waals surface area contributed by atoms with Crippen LogP contribution in [-0.4, -0.2) is 55.8 Å². The third kappa shape index (κ3) is 8.09. The van der Waals surface area contributed by atoms with Gasteiger partial charge in [0.1, 0.15) is 5.82 Å². The van der Waals surface area contributed by atoms with Gasteiger partial charge in [0.15, 0.2) is 0 Å². The smallest absolute Gasteiger partial charge is 0.216 e. The Kier molecular flexibility index (Phi) is 9.63. The molecule has 35 heavy (non-hydrogen) atoms. The normalized spacial score (nSPS) is 20.9. The number of carbonyl (C=O) groups is 1. The van der Waals surface area contributed by atoms with E-state index in [1.807, 2.05) is 0 Å². The van der Waals surface area contributed by atoms with Gasteiger partial charge in [-0.15, -0.1) is 0 Å². The van der Waals surface area contributed by atoms with Crippen molar-refractivity contribution in [1.82, 2.24) is 15.6 Å². The highest BCUT2D eigenvalue weighted by atomic mass is 35.5. The number of anilines is 2. The third-order valence-electron chi connectivity index (χ3n) is 6.98. The second-order valence-corrected chi connectivity index (χ2v) is 10.1. The van der Waals surface area contributed by atoms with Crippen molar-refractivity contribution in [3.8, 4) is 11.1 Å². The number of rotatable bonds is 10. The number of nitrogens with zero attached hydrogens (tertiary/aromatic N) is 1. The predicted octanol–water partition coefficient (Wildman–Crippen LogP) is 4.69. The molecule has 1 saturated carbocycles. The van der Waals surface area contributed by atoms with Gasteiger partial charge in [-0.1, -0.05) is 23.7 Å². The number of carbonyl (C=O) groups excluding carboxylic acids is 1. The number of benzene rings is 1. The first-order valence-electron chi connectivity index (χ1n) is 12.9. The molecule has 1 aromatic carbocycles. The van der Waals surface area contributed by atoms with Crippen molar-refractivity contribution >= 4 is 29.0 Å². The van der Waals surface area contributed by atoms with E-state index < -0.39 is 0 Å². The summed E-state index contributed by atoms with van der Waals surface area (Å²) in [5.74, 6) is 1.55. The largest absolute Gasteiger partial charge is 0.385 e. The topological polar surface area (TPSA) is 87.3 Å². The van der Waals surface area contributed by atoms with Gasteiger partial charge in [0.25, 0.3) is 0 Å². The van der Waals surface area contributed by atoms with Crippen LogP contribution in [0.4, 0.5) is 11.5 Å². The molecular formula is C27H38ClN5O2. The molecule has 8 heteroatoms. The van der Waals surface area contributed by atoms with E-state index in [0.717, 1.165) is 87.5 Å². The molecule has 0 unspecified atom stereocenters. The lowest BCUT2D eigenvalue weighted by Crippen LogP contribution is -2.40. The van der Waals surface area contributed by atoms with Crippen molar-refractivity contribution in [2.24, 2.45) is 5.92 Å². The fourth-order valence-corrected chi connectivity index (χ4v) is 5.13. The summed E-state index contributed by atoms with van der Waals surface area (Å²) in [6.45, 7) is 5.74. The second-order valence-electron chi connectivity index (χ2n) is 9.70. The Morgan fingerprint density at radius 2 is 1.83 bits per heavy atom. The van der Waals surface area contributed by atoms with Crippen LogP contribution >= 0.6 is 11.6 Å². The molecule has 1 aliphatic heterocycles. The van der Waals surface area contributed by atoms with Gasteiger partial charge in [-0.25, -0.2) is 4.98 Å². The van der Waals surface area contributed by atoms with E-state index in [2.05, 4.69) is 56.6 Å². The van der Waals surface area contributed by atoms with Gasteiger partial charge in [-0.3, -0.25) is 4.79 Å². The van der Waals surface area contributed by atoms with E-state index in [4.69, 9.17) is 16.3 Å². The molecular weight excluding hydrogens is 462 g/mol. The molecule has 4 N–H and O–H groups in total. The second kappa shape index (κ2) is 13.1. The van der Waals surface area contributed by atoms with E-state index in [0.29, 0.717) is 29.6 Å². The molecule has 0 atom stereocenters. The van der Waals surface area contributed by atoms with Crippen molar-refractivity contribution in [3.05, 3.63) is 41.6 Å². The number of pyridine rings is 1. The molecule has 0 spiro atoms. The van der Waals surface area contributed by atoms with Crippen LogP contribution < -0.4 is 21.3 Å². The zero-order chi connectivity index (χ0) is 24.5. The molecule has 7 nitrogen and oxygen atoms in total. The van der Waals surface area contributed by atoms with Gasteiger partial charge in [0, 0.05) is 69.3 Å². The Balaban J connectivity index is 1.30. The van der Waals surface area contributed by atoms with Crippen LogP contribution in [0.2, 0.25) is 5.02 Å². The maximum absolute atomic E-state index is 11.0. The summed E-state index contributed by atoms with van der Waals surface area (Å²) in [4.78, 5) is 15.5. The number of aromatic nitrogens is 1. The lowest BCUT2D eigenvalue weighted by Gasteiger charge is -2.30. The van der Waals surface area contributed by atoms with Crippen LogP contribution in [0.1, 0.15) is 45.4 Å². The summed E-state index contributed by atoms with van der Waals surface area (Å²) in [5, 5.41) is 14.3. The highest BCUT2D eigenvalue weighted by molar-refractivity contribution is 6.33. The number of hydrogen-bond donors (Lipinski definition) is 4. The Morgan fingerprint density at radius 1 is 1.06 bits per heavy atom. The molecule has 4 rings (SSSR count). The maximum Gasteiger partial charge on any atom is 0.216 e. The van der Waals surface area contributed by atoms with Gasteiger partial charge in [-0.2, -0.15) is 0 Å². The van der Waals surface area contributed by atoms with E-state index in [1.54, 1.807) is 13.1 Å². The van der Waals surface area contributed by atoms with Gasteiger partial charge in [0.05, 0.1) is 5.02 Å². The summed E-state index contributed by atoms with van der Waals surface area (Å²) < 4.78 is 5.47. The Labute approximate surface area is 213 Å². The number of amides is 1. The summed E-state index contributed by atoms with van der Waals surface area (Å²) in [6.07, 6.45) is 8.38. The third-order valence-corrected chi connectivity index (χ3v) is 7.28. The zero-order valence-corrected chi connectivity index (χ0v) is 21.4. The minimum atomic E-state index is 0.0208. The Hall–Kier alpha value is -2.35. The van der Waals surface area contributed by atoms with Crippen LogP contribution in [0.25, 0.3) is 11.1 Å². The van der Waals surface area contributed by atoms with E-state index >= 15 is 0 Å². The summed E-state index contributed by atoms with van der Waals surface area (Å²) in [7, 11) is 0. The summed E-state index contributed by atoms with van der Waals surface area (Å²) in [5.41, 5.74) is 3.19. The van der Waals surface area contributed by atoms with Gasteiger partial charge >= 0.3 is 0 Å². The van der Waals surface area contributed by atoms with Crippen LogP contribution in [0.3, 0.4) is 0 Å². The van der Waals surface area contributed by atoms with Crippen LogP contribution in [-0.2, 0) is 9.53 Å². The molecule has 0 radical (unpaired) electrons. The predicted molar refractivity (Wildman–Crippen MR) is 143 cm³/mol. The lowest BCUT2D eigenvalue weighted by atomic mass is 9.91. The minimum Gasteiger partial charge on any atom is -0.385 e. The first-order chi connectivity index (χ1) is 17.1. The number of hydrogen-bond acceptors (Lipinski definition) is 6. The van der Waals surface area contributed by atoms with Gasteiger partial charge < -0.3 is 26.0 Å². The SMILES string of the molecule is CC(=O)NCCN[C@H]1CC[C@H](Nc2cc(-c3cccc(NCC4CCOCC4)c3)c(Cl)cn2)CC1.